The summed E-state index contributed by atoms with van der Waals surface area (Å²) in [6, 6.07) is 21.4. The minimum Gasteiger partial charge on any atom is -0.497 e. The van der Waals surface area contributed by atoms with Gasteiger partial charge in [0.1, 0.15) is 5.75 Å². The molecule has 0 aliphatic carbocycles. The third kappa shape index (κ3) is 8.20. The Bertz CT molecular complexity index is 1210. The predicted molar refractivity (Wildman–Crippen MR) is 171 cm³/mol. The number of piperazine rings is 1. The largest absolute Gasteiger partial charge is 0.497 e. The summed E-state index contributed by atoms with van der Waals surface area (Å²) in [5, 5.41) is 7.05. The molecule has 0 bridgehead atoms. The molecule has 2 fully saturated rings. The third-order valence-corrected chi connectivity index (χ3v) is 8.28. The highest BCUT2D eigenvalue weighted by atomic mass is 16.5. The van der Waals surface area contributed by atoms with Crippen LogP contribution >= 0.6 is 0 Å². The first-order valence-electron chi connectivity index (χ1n) is 15.2. The number of benzene rings is 2. The van der Waals surface area contributed by atoms with Crippen molar-refractivity contribution >= 4 is 11.4 Å². The molecule has 0 radical (unpaired) electrons. The van der Waals surface area contributed by atoms with Crippen LogP contribution in [0, 0.1) is 5.92 Å². The second-order valence-electron chi connectivity index (χ2n) is 11.4. The molecule has 0 spiro atoms. The van der Waals surface area contributed by atoms with E-state index < -0.39 is 0 Å². The van der Waals surface area contributed by atoms with Crippen LogP contribution in [-0.4, -0.2) is 101 Å². The lowest BCUT2D eigenvalue weighted by atomic mass is 10.0. The number of aromatic nitrogens is 1. The van der Waals surface area contributed by atoms with Crippen molar-refractivity contribution in [3.63, 3.8) is 0 Å². The van der Waals surface area contributed by atoms with Gasteiger partial charge in [-0.15, -0.1) is 0 Å². The van der Waals surface area contributed by atoms with Gasteiger partial charge in [-0.05, 0) is 94.0 Å². The Hall–Kier alpha value is -3.17. The Kier molecular flexibility index (Phi) is 10.5. The van der Waals surface area contributed by atoms with Gasteiger partial charge in [-0.3, -0.25) is 4.90 Å². The van der Waals surface area contributed by atoms with E-state index >= 15 is 0 Å². The number of hydrogen-bond donors (Lipinski definition) is 3. The maximum Gasteiger partial charge on any atom is 0.118 e. The molecular weight excluding hydrogens is 510 g/mol. The number of ether oxygens (including phenoxy) is 1. The summed E-state index contributed by atoms with van der Waals surface area (Å²) in [7, 11) is 3.86. The maximum atomic E-state index is 5.66. The van der Waals surface area contributed by atoms with Crippen LogP contribution in [0.3, 0.4) is 0 Å². The second kappa shape index (κ2) is 14.6. The van der Waals surface area contributed by atoms with E-state index in [0.29, 0.717) is 0 Å². The van der Waals surface area contributed by atoms with E-state index in [-0.39, 0.29) is 0 Å². The van der Waals surface area contributed by atoms with E-state index in [0.717, 1.165) is 105 Å². The van der Waals surface area contributed by atoms with Crippen LogP contribution in [0.4, 0.5) is 11.4 Å². The van der Waals surface area contributed by atoms with E-state index in [2.05, 4.69) is 80.9 Å². The smallest absolute Gasteiger partial charge is 0.118 e. The summed E-state index contributed by atoms with van der Waals surface area (Å²) in [5.74, 6) is 1.68. The molecule has 8 nitrogen and oxygen atoms in total. The third-order valence-electron chi connectivity index (χ3n) is 8.28. The zero-order chi connectivity index (χ0) is 28.4. The SMILES string of the molecule is COc1ccc(-c2cc(NCCCN(C)CCCN)cc(-c3ccc(N4CCN(CC5CNC5)CC4)cc3)n2)cc1. The fourth-order valence-electron chi connectivity index (χ4n) is 5.62. The molecular formula is C33H47N7O. The molecule has 2 aromatic carbocycles. The molecule has 2 saturated heterocycles. The highest BCUT2D eigenvalue weighted by Crippen LogP contribution is 2.30. The Morgan fingerprint density at radius 2 is 1.56 bits per heavy atom. The quantitative estimate of drug-likeness (QED) is 0.258. The number of pyridine rings is 1. The van der Waals surface area contributed by atoms with Crippen LogP contribution in [0.1, 0.15) is 12.8 Å². The van der Waals surface area contributed by atoms with Crippen LogP contribution in [0.2, 0.25) is 0 Å². The van der Waals surface area contributed by atoms with Crippen molar-refractivity contribution < 1.29 is 4.74 Å². The molecule has 1 aromatic heterocycles. The average molecular weight is 558 g/mol. The zero-order valence-electron chi connectivity index (χ0n) is 24.8. The number of nitrogens with one attached hydrogen (secondary N) is 2. The topological polar surface area (TPSA) is 81.9 Å². The van der Waals surface area contributed by atoms with E-state index in [1.165, 1.54) is 25.3 Å². The van der Waals surface area contributed by atoms with E-state index in [1.54, 1.807) is 7.11 Å². The van der Waals surface area contributed by atoms with Gasteiger partial charge in [0.2, 0.25) is 0 Å². The van der Waals surface area contributed by atoms with Crippen molar-refractivity contribution in [2.75, 3.05) is 96.4 Å². The van der Waals surface area contributed by atoms with Gasteiger partial charge in [-0.2, -0.15) is 0 Å². The van der Waals surface area contributed by atoms with Gasteiger partial charge >= 0.3 is 0 Å². The number of nitrogens with zero attached hydrogens (tertiary/aromatic N) is 4. The number of nitrogens with two attached hydrogens (primary N) is 1. The highest BCUT2D eigenvalue weighted by Gasteiger charge is 2.23. The van der Waals surface area contributed by atoms with Gasteiger partial charge in [-0.1, -0.05) is 12.1 Å². The molecule has 3 heterocycles. The lowest BCUT2D eigenvalue weighted by molar-refractivity contribution is 0.184. The molecule has 3 aromatic rings. The van der Waals surface area contributed by atoms with E-state index in [1.807, 2.05) is 12.1 Å². The monoisotopic (exact) mass is 557 g/mol. The van der Waals surface area contributed by atoms with Crippen LogP contribution in [0.5, 0.6) is 5.75 Å². The van der Waals surface area contributed by atoms with Crippen molar-refractivity contribution in [1.29, 1.82) is 0 Å². The summed E-state index contributed by atoms with van der Waals surface area (Å²) in [4.78, 5) is 12.6. The van der Waals surface area contributed by atoms with E-state index in [4.69, 9.17) is 15.5 Å². The van der Waals surface area contributed by atoms with Crippen molar-refractivity contribution in [1.82, 2.24) is 20.1 Å². The van der Waals surface area contributed by atoms with Crippen molar-refractivity contribution in [3.05, 3.63) is 60.7 Å². The number of rotatable bonds is 14. The van der Waals surface area contributed by atoms with Crippen molar-refractivity contribution in [2.24, 2.45) is 11.7 Å². The Labute approximate surface area is 245 Å². The highest BCUT2D eigenvalue weighted by molar-refractivity contribution is 5.73. The molecule has 0 unspecified atom stereocenters. The van der Waals surface area contributed by atoms with Crippen LogP contribution < -0.4 is 26.0 Å². The summed E-state index contributed by atoms with van der Waals surface area (Å²) >= 11 is 0. The molecule has 8 heteroatoms. The molecule has 0 amide bonds. The minimum absolute atomic E-state index is 0.743. The summed E-state index contributed by atoms with van der Waals surface area (Å²) in [6.07, 6.45) is 2.10. The Morgan fingerprint density at radius 3 is 2.15 bits per heavy atom. The first-order chi connectivity index (χ1) is 20.1. The molecule has 41 heavy (non-hydrogen) atoms. The summed E-state index contributed by atoms with van der Waals surface area (Å²) < 4.78 is 5.37. The first kappa shape index (κ1) is 29.3. The van der Waals surface area contributed by atoms with Crippen LogP contribution in [0.15, 0.2) is 60.7 Å². The van der Waals surface area contributed by atoms with Crippen LogP contribution in [-0.2, 0) is 0 Å². The first-order valence-corrected chi connectivity index (χ1v) is 15.2. The van der Waals surface area contributed by atoms with Crippen LogP contribution in [0.25, 0.3) is 22.5 Å². The van der Waals surface area contributed by atoms with Gasteiger partial charge in [0.05, 0.1) is 18.5 Å². The normalized spacial score (nSPS) is 16.1. The van der Waals surface area contributed by atoms with Crippen molar-refractivity contribution in [3.8, 4) is 28.3 Å². The summed E-state index contributed by atoms with van der Waals surface area (Å²) in [5.41, 5.74) is 12.2. The number of hydrogen-bond acceptors (Lipinski definition) is 8. The van der Waals surface area contributed by atoms with Gasteiger partial charge in [0.25, 0.3) is 0 Å². The molecule has 0 atom stereocenters. The lowest BCUT2D eigenvalue weighted by Gasteiger charge is -2.39. The minimum atomic E-state index is 0.743. The molecule has 2 aliphatic heterocycles. The van der Waals surface area contributed by atoms with Crippen molar-refractivity contribution in [2.45, 2.75) is 12.8 Å². The molecule has 5 rings (SSSR count). The standard InChI is InChI=1S/C33H47N7O/c1-38(15-3-13-34)16-4-14-36-29-21-32(37-33(22-29)28-7-11-31(41-2)12-8-28)27-5-9-30(10-6-27)40-19-17-39(18-20-40)25-26-23-35-24-26/h5-12,21-22,26,35H,3-4,13-20,23-25,34H2,1-2H3,(H,36,37). The number of methoxy groups -OCH3 is 1. The zero-order valence-corrected chi connectivity index (χ0v) is 24.8. The molecule has 0 saturated carbocycles. The fourth-order valence-corrected chi connectivity index (χ4v) is 5.62. The Morgan fingerprint density at radius 1 is 0.927 bits per heavy atom. The van der Waals surface area contributed by atoms with Gasteiger partial charge in [-0.25, -0.2) is 4.98 Å². The molecule has 2 aliphatic rings. The van der Waals surface area contributed by atoms with E-state index in [9.17, 15) is 0 Å². The second-order valence-corrected chi connectivity index (χ2v) is 11.4. The van der Waals surface area contributed by atoms with Gasteiger partial charge in [0.15, 0.2) is 0 Å². The maximum absolute atomic E-state index is 5.66. The molecule has 4 N–H and O–H groups in total. The average Bonchev–Trinajstić information content (AvgIpc) is 3.00. The summed E-state index contributed by atoms with van der Waals surface area (Å²) in [6.45, 7) is 11.8. The number of anilines is 2. The van der Waals surface area contributed by atoms with Gasteiger partial charge in [0, 0.05) is 74.9 Å². The predicted octanol–water partition coefficient (Wildman–Crippen LogP) is 3.85. The lowest BCUT2D eigenvalue weighted by Crippen LogP contribution is -2.53. The van der Waals surface area contributed by atoms with Gasteiger partial charge < -0.3 is 30.9 Å². The fraction of sp³-hybridized carbons (Fsp3) is 0.485. The molecule has 220 valence electrons. The Balaban J connectivity index is 1.27.